The molecule has 0 radical (unpaired) electrons. The second kappa shape index (κ2) is 8.29. The lowest BCUT2D eigenvalue weighted by molar-refractivity contribution is -0.136. The van der Waals surface area contributed by atoms with E-state index in [1.807, 2.05) is 36.1 Å². The number of likely N-dealkylation sites (tertiary alicyclic amines) is 1. The van der Waals surface area contributed by atoms with E-state index in [0.29, 0.717) is 12.5 Å². The minimum atomic E-state index is -0.300. The number of nitrogens with zero attached hydrogens (tertiary/aromatic N) is 1. The molecule has 1 saturated heterocycles. The number of benzene rings is 1. The van der Waals surface area contributed by atoms with Gasteiger partial charge in [-0.05, 0) is 31.2 Å². The van der Waals surface area contributed by atoms with Crippen LogP contribution in [0, 0.1) is 12.8 Å². The Kier molecular flexibility index (Phi) is 6.37. The van der Waals surface area contributed by atoms with E-state index < -0.39 is 0 Å². The number of piperidine rings is 1. The summed E-state index contributed by atoms with van der Waals surface area (Å²) in [5, 5.41) is 2.91. The molecule has 5 heteroatoms. The molecule has 0 aliphatic carbocycles. The van der Waals surface area contributed by atoms with Crippen molar-refractivity contribution < 1.29 is 9.59 Å². The highest BCUT2D eigenvalue weighted by molar-refractivity contribution is 5.79. The second-order valence-electron chi connectivity index (χ2n) is 6.88. The van der Waals surface area contributed by atoms with E-state index in [0.717, 1.165) is 30.5 Å². The minimum absolute atomic E-state index is 0.0660. The molecule has 24 heavy (non-hydrogen) atoms. The average molecular weight is 331 g/mol. The molecule has 0 bridgehead atoms. The molecule has 1 aliphatic rings. The van der Waals surface area contributed by atoms with Gasteiger partial charge < -0.3 is 16.0 Å². The highest BCUT2D eigenvalue weighted by atomic mass is 16.2. The Morgan fingerprint density at radius 3 is 2.58 bits per heavy atom. The van der Waals surface area contributed by atoms with E-state index in [1.165, 1.54) is 6.92 Å². The first-order valence-electron chi connectivity index (χ1n) is 8.75. The lowest BCUT2D eigenvalue weighted by Gasteiger charge is -2.40. The summed E-state index contributed by atoms with van der Waals surface area (Å²) in [6.45, 7) is 6.90. The van der Waals surface area contributed by atoms with Crippen molar-refractivity contribution in [3.63, 3.8) is 0 Å². The topological polar surface area (TPSA) is 75.4 Å². The number of hydrogen-bond acceptors (Lipinski definition) is 3. The lowest BCUT2D eigenvalue weighted by atomic mass is 9.90. The van der Waals surface area contributed by atoms with Crippen LogP contribution in [0.1, 0.15) is 50.3 Å². The zero-order valence-corrected chi connectivity index (χ0v) is 14.9. The first-order chi connectivity index (χ1) is 11.4. The Hall–Kier alpha value is -1.88. The number of aryl methyl sites for hydroxylation is 1. The van der Waals surface area contributed by atoms with Gasteiger partial charge in [0.2, 0.25) is 11.8 Å². The molecule has 1 heterocycles. The van der Waals surface area contributed by atoms with Gasteiger partial charge in [0, 0.05) is 26.1 Å². The molecule has 3 atom stereocenters. The summed E-state index contributed by atoms with van der Waals surface area (Å²) in [6, 6.07) is 7.75. The van der Waals surface area contributed by atoms with Crippen LogP contribution >= 0.6 is 0 Å². The standard InChI is InChI=1S/C19H29N3O2/c1-13-6-8-16(9-7-13)17(21-15(3)23)11-19(24)22-10-4-5-14(2)18(22)12-20/h6-9,14,17-18H,4-5,10-12,20H2,1-3H3,(H,21,23). The van der Waals surface area contributed by atoms with Crippen LogP contribution < -0.4 is 11.1 Å². The van der Waals surface area contributed by atoms with Gasteiger partial charge in [0.25, 0.3) is 0 Å². The highest BCUT2D eigenvalue weighted by Crippen LogP contribution is 2.26. The van der Waals surface area contributed by atoms with Crippen LogP contribution in [0.25, 0.3) is 0 Å². The van der Waals surface area contributed by atoms with Crippen molar-refractivity contribution in [1.82, 2.24) is 10.2 Å². The van der Waals surface area contributed by atoms with E-state index in [2.05, 4.69) is 12.2 Å². The van der Waals surface area contributed by atoms with Crippen molar-refractivity contribution in [3.05, 3.63) is 35.4 Å². The van der Waals surface area contributed by atoms with Crippen LogP contribution in [0.4, 0.5) is 0 Å². The largest absolute Gasteiger partial charge is 0.349 e. The van der Waals surface area contributed by atoms with Gasteiger partial charge in [-0.1, -0.05) is 36.8 Å². The maximum Gasteiger partial charge on any atom is 0.225 e. The van der Waals surface area contributed by atoms with Crippen LogP contribution in [0.3, 0.4) is 0 Å². The molecule has 1 aromatic carbocycles. The fourth-order valence-corrected chi connectivity index (χ4v) is 3.51. The predicted octanol–water partition coefficient (Wildman–Crippen LogP) is 2.15. The molecule has 0 aromatic heterocycles. The molecule has 2 rings (SSSR count). The molecule has 1 aromatic rings. The van der Waals surface area contributed by atoms with Crippen molar-refractivity contribution in [1.29, 1.82) is 0 Å². The number of carbonyl (C=O) groups is 2. The fraction of sp³-hybridized carbons (Fsp3) is 0.579. The SMILES string of the molecule is CC(=O)NC(CC(=O)N1CCCC(C)C1CN)c1ccc(C)cc1. The number of carbonyl (C=O) groups excluding carboxylic acids is 2. The Balaban J connectivity index is 2.14. The first kappa shape index (κ1) is 18.5. The van der Waals surface area contributed by atoms with Gasteiger partial charge in [0.05, 0.1) is 12.5 Å². The maximum atomic E-state index is 12.9. The zero-order chi connectivity index (χ0) is 17.7. The summed E-state index contributed by atoms with van der Waals surface area (Å²) >= 11 is 0. The van der Waals surface area contributed by atoms with Crippen molar-refractivity contribution in [2.45, 2.75) is 52.1 Å². The number of nitrogens with one attached hydrogen (secondary N) is 1. The molecule has 3 unspecified atom stereocenters. The van der Waals surface area contributed by atoms with E-state index in [1.54, 1.807) is 0 Å². The minimum Gasteiger partial charge on any atom is -0.349 e. The lowest BCUT2D eigenvalue weighted by Crippen LogP contribution is -2.52. The zero-order valence-electron chi connectivity index (χ0n) is 14.9. The molecule has 5 nitrogen and oxygen atoms in total. The Morgan fingerprint density at radius 2 is 2.00 bits per heavy atom. The van der Waals surface area contributed by atoms with E-state index in [-0.39, 0.29) is 30.3 Å². The third-order valence-electron chi connectivity index (χ3n) is 4.91. The normalized spacial score (nSPS) is 22.1. The van der Waals surface area contributed by atoms with Gasteiger partial charge >= 0.3 is 0 Å². The Bertz CT molecular complexity index is 570. The summed E-state index contributed by atoms with van der Waals surface area (Å²) in [5.41, 5.74) is 8.01. The van der Waals surface area contributed by atoms with E-state index in [9.17, 15) is 9.59 Å². The predicted molar refractivity (Wildman–Crippen MR) is 95.3 cm³/mol. The van der Waals surface area contributed by atoms with Crippen LogP contribution in [0.2, 0.25) is 0 Å². The third kappa shape index (κ3) is 4.57. The van der Waals surface area contributed by atoms with Gasteiger partial charge in [0.15, 0.2) is 0 Å². The average Bonchev–Trinajstić information content (AvgIpc) is 2.54. The van der Waals surface area contributed by atoms with Crippen molar-refractivity contribution in [2.75, 3.05) is 13.1 Å². The number of nitrogens with two attached hydrogens (primary N) is 1. The van der Waals surface area contributed by atoms with Crippen LogP contribution in [-0.2, 0) is 9.59 Å². The number of rotatable bonds is 5. The summed E-state index contributed by atoms with van der Waals surface area (Å²) in [7, 11) is 0. The van der Waals surface area contributed by atoms with Gasteiger partial charge in [-0.3, -0.25) is 9.59 Å². The molecular formula is C19H29N3O2. The van der Waals surface area contributed by atoms with Crippen LogP contribution in [0.15, 0.2) is 24.3 Å². The Labute approximate surface area is 144 Å². The van der Waals surface area contributed by atoms with Crippen LogP contribution in [-0.4, -0.2) is 35.8 Å². The third-order valence-corrected chi connectivity index (χ3v) is 4.91. The quantitative estimate of drug-likeness (QED) is 0.868. The summed E-state index contributed by atoms with van der Waals surface area (Å²) in [5.74, 6) is 0.360. The molecule has 0 saturated carbocycles. The van der Waals surface area contributed by atoms with Crippen molar-refractivity contribution in [3.8, 4) is 0 Å². The van der Waals surface area contributed by atoms with Crippen molar-refractivity contribution >= 4 is 11.8 Å². The molecular weight excluding hydrogens is 302 g/mol. The number of amides is 2. The highest BCUT2D eigenvalue weighted by Gasteiger charge is 2.32. The van der Waals surface area contributed by atoms with Gasteiger partial charge in [-0.15, -0.1) is 0 Å². The fourth-order valence-electron chi connectivity index (χ4n) is 3.51. The molecule has 3 N–H and O–H groups in total. The van der Waals surface area contributed by atoms with Gasteiger partial charge in [-0.25, -0.2) is 0 Å². The summed E-state index contributed by atoms with van der Waals surface area (Å²) in [4.78, 5) is 26.3. The van der Waals surface area contributed by atoms with E-state index >= 15 is 0 Å². The maximum absolute atomic E-state index is 12.9. The Morgan fingerprint density at radius 1 is 1.33 bits per heavy atom. The van der Waals surface area contributed by atoms with Crippen molar-refractivity contribution in [2.24, 2.45) is 11.7 Å². The van der Waals surface area contributed by atoms with Gasteiger partial charge in [0.1, 0.15) is 0 Å². The second-order valence-corrected chi connectivity index (χ2v) is 6.88. The molecule has 0 spiro atoms. The molecule has 2 amide bonds. The summed E-state index contributed by atoms with van der Waals surface area (Å²) < 4.78 is 0. The molecule has 1 fully saturated rings. The molecule has 132 valence electrons. The van der Waals surface area contributed by atoms with Gasteiger partial charge in [-0.2, -0.15) is 0 Å². The monoisotopic (exact) mass is 331 g/mol. The number of hydrogen-bond donors (Lipinski definition) is 2. The first-order valence-corrected chi connectivity index (χ1v) is 8.75. The van der Waals surface area contributed by atoms with Crippen LogP contribution in [0.5, 0.6) is 0 Å². The smallest absolute Gasteiger partial charge is 0.225 e. The molecule has 1 aliphatic heterocycles. The van der Waals surface area contributed by atoms with E-state index in [4.69, 9.17) is 5.73 Å². The summed E-state index contributed by atoms with van der Waals surface area (Å²) in [6.07, 6.45) is 2.39.